The average Bonchev–Trinajstić information content (AvgIpc) is 2.60. The molecule has 1 saturated carbocycles. The van der Waals surface area contributed by atoms with Crippen molar-refractivity contribution in [3.05, 3.63) is 0 Å². The SMILES string of the molecule is CC(C)(C)C1CCC(C(C)(C)C)C2NSNC21. The standard InChI is InChI=1S/C14H28N2S/c1-13(2,3)9-7-8-10(14(4,5)6)12-11(9)15-17-16-12/h9-12,15-16H,7-8H2,1-6H3. The van der Waals surface area contributed by atoms with Gasteiger partial charge in [-0.2, -0.15) is 0 Å². The van der Waals surface area contributed by atoms with E-state index in [4.69, 9.17) is 0 Å². The summed E-state index contributed by atoms with van der Waals surface area (Å²) in [4.78, 5) is 0. The maximum Gasteiger partial charge on any atom is 0.0382 e. The van der Waals surface area contributed by atoms with Crippen LogP contribution in [0.2, 0.25) is 0 Å². The highest BCUT2D eigenvalue weighted by Gasteiger charge is 2.49. The summed E-state index contributed by atoms with van der Waals surface area (Å²) in [6, 6.07) is 1.27. The van der Waals surface area contributed by atoms with Crippen molar-refractivity contribution in [3.63, 3.8) is 0 Å². The van der Waals surface area contributed by atoms with Crippen LogP contribution in [0, 0.1) is 22.7 Å². The van der Waals surface area contributed by atoms with Crippen molar-refractivity contribution in [1.82, 2.24) is 9.44 Å². The number of rotatable bonds is 0. The van der Waals surface area contributed by atoms with E-state index in [1.807, 2.05) is 0 Å². The van der Waals surface area contributed by atoms with Crippen LogP contribution in [-0.2, 0) is 0 Å². The molecular weight excluding hydrogens is 228 g/mol. The molecule has 2 N–H and O–H groups in total. The maximum absolute atomic E-state index is 3.62. The second-order valence-corrected chi connectivity index (χ2v) is 8.59. The van der Waals surface area contributed by atoms with Crippen LogP contribution in [0.15, 0.2) is 0 Å². The smallest absolute Gasteiger partial charge is 0.0382 e. The van der Waals surface area contributed by atoms with E-state index in [0.717, 1.165) is 11.8 Å². The first-order valence-electron chi connectivity index (χ1n) is 6.88. The molecule has 1 saturated heterocycles. The van der Waals surface area contributed by atoms with Crippen LogP contribution in [0.5, 0.6) is 0 Å². The summed E-state index contributed by atoms with van der Waals surface area (Å²) in [6.07, 6.45) is 2.73. The van der Waals surface area contributed by atoms with E-state index in [1.54, 1.807) is 12.1 Å². The molecule has 1 aliphatic heterocycles. The van der Waals surface area contributed by atoms with Crippen molar-refractivity contribution in [2.24, 2.45) is 22.7 Å². The van der Waals surface area contributed by atoms with Crippen LogP contribution < -0.4 is 9.44 Å². The predicted molar refractivity (Wildman–Crippen MR) is 76.6 cm³/mol. The fraction of sp³-hybridized carbons (Fsp3) is 1.00. The molecular formula is C14H28N2S. The van der Waals surface area contributed by atoms with Gasteiger partial charge in [-0.05, 0) is 35.5 Å². The highest BCUT2D eigenvalue weighted by atomic mass is 32.2. The Labute approximate surface area is 111 Å². The third-order valence-corrected chi connectivity index (χ3v) is 5.44. The quantitative estimate of drug-likeness (QED) is 0.648. The predicted octanol–water partition coefficient (Wildman–Crippen LogP) is 3.60. The van der Waals surface area contributed by atoms with Gasteiger partial charge in [0.05, 0.1) is 0 Å². The van der Waals surface area contributed by atoms with Crippen molar-refractivity contribution < 1.29 is 0 Å². The Morgan fingerprint density at radius 3 is 1.41 bits per heavy atom. The van der Waals surface area contributed by atoms with Gasteiger partial charge in [0.2, 0.25) is 0 Å². The van der Waals surface area contributed by atoms with Gasteiger partial charge in [0, 0.05) is 24.2 Å². The first kappa shape index (κ1) is 13.7. The first-order chi connectivity index (χ1) is 7.71. The second-order valence-electron chi connectivity index (χ2n) is 7.91. The Morgan fingerprint density at radius 2 is 1.12 bits per heavy atom. The Bertz CT molecular complexity index is 249. The number of hydrogen-bond donors (Lipinski definition) is 2. The van der Waals surface area contributed by atoms with Gasteiger partial charge in [0.25, 0.3) is 0 Å². The van der Waals surface area contributed by atoms with E-state index in [0.29, 0.717) is 22.9 Å². The Balaban J connectivity index is 2.18. The maximum atomic E-state index is 3.62. The summed E-state index contributed by atoms with van der Waals surface area (Å²) in [6.45, 7) is 14.3. The highest BCUT2D eigenvalue weighted by Crippen LogP contribution is 2.47. The minimum atomic E-state index is 0.408. The van der Waals surface area contributed by atoms with Gasteiger partial charge in [0.15, 0.2) is 0 Å². The van der Waals surface area contributed by atoms with E-state index >= 15 is 0 Å². The van der Waals surface area contributed by atoms with Gasteiger partial charge >= 0.3 is 0 Å². The first-order valence-corrected chi connectivity index (χ1v) is 7.70. The van der Waals surface area contributed by atoms with Gasteiger partial charge < -0.3 is 0 Å². The molecule has 17 heavy (non-hydrogen) atoms. The molecule has 0 aromatic rings. The number of fused-ring (bicyclic) bond motifs is 1. The summed E-state index contributed by atoms with van der Waals surface area (Å²) >= 11 is 1.72. The molecule has 4 unspecified atom stereocenters. The van der Waals surface area contributed by atoms with Gasteiger partial charge in [-0.1, -0.05) is 41.5 Å². The van der Waals surface area contributed by atoms with E-state index < -0.39 is 0 Å². The van der Waals surface area contributed by atoms with Gasteiger partial charge in [-0.3, -0.25) is 0 Å². The summed E-state index contributed by atoms with van der Waals surface area (Å²) in [5, 5.41) is 0. The Kier molecular flexibility index (Phi) is 3.57. The average molecular weight is 256 g/mol. The summed E-state index contributed by atoms with van der Waals surface area (Å²) in [5.74, 6) is 1.57. The van der Waals surface area contributed by atoms with Gasteiger partial charge in [-0.15, -0.1) is 0 Å². The van der Waals surface area contributed by atoms with Gasteiger partial charge in [0.1, 0.15) is 0 Å². The van der Waals surface area contributed by atoms with Crippen molar-refractivity contribution in [3.8, 4) is 0 Å². The topological polar surface area (TPSA) is 24.1 Å². The minimum Gasteiger partial charge on any atom is -0.246 e. The lowest BCUT2D eigenvalue weighted by molar-refractivity contribution is 0.0533. The summed E-state index contributed by atoms with van der Waals surface area (Å²) in [5.41, 5.74) is 0.816. The fourth-order valence-electron chi connectivity index (χ4n) is 3.64. The second kappa shape index (κ2) is 4.43. The van der Waals surface area contributed by atoms with E-state index in [-0.39, 0.29) is 0 Å². The van der Waals surface area contributed by atoms with Crippen molar-refractivity contribution >= 4 is 12.1 Å². The molecule has 0 radical (unpaired) electrons. The molecule has 3 heteroatoms. The molecule has 1 aliphatic carbocycles. The molecule has 100 valence electrons. The summed E-state index contributed by atoms with van der Waals surface area (Å²) < 4.78 is 7.25. The zero-order chi connectivity index (χ0) is 12.8. The Hall–Kier alpha value is 0.270. The zero-order valence-corrected chi connectivity index (χ0v) is 12.9. The molecule has 0 amide bonds. The molecule has 2 fully saturated rings. The molecule has 4 atom stereocenters. The fourth-order valence-corrected chi connectivity index (χ4v) is 4.61. The molecule has 2 rings (SSSR count). The van der Waals surface area contributed by atoms with Crippen LogP contribution in [0.4, 0.5) is 0 Å². The minimum absolute atomic E-state index is 0.408. The third-order valence-electron chi connectivity index (χ3n) is 4.66. The Morgan fingerprint density at radius 1 is 0.765 bits per heavy atom. The third kappa shape index (κ3) is 2.66. The molecule has 0 bridgehead atoms. The largest absolute Gasteiger partial charge is 0.246 e. The van der Waals surface area contributed by atoms with E-state index in [2.05, 4.69) is 51.0 Å². The van der Waals surface area contributed by atoms with Gasteiger partial charge in [-0.25, -0.2) is 9.44 Å². The monoisotopic (exact) mass is 256 g/mol. The molecule has 2 nitrogen and oxygen atoms in total. The van der Waals surface area contributed by atoms with Crippen LogP contribution in [0.3, 0.4) is 0 Å². The molecule has 0 aromatic carbocycles. The lowest BCUT2D eigenvalue weighted by Gasteiger charge is -2.48. The van der Waals surface area contributed by atoms with Crippen molar-refractivity contribution in [2.75, 3.05) is 0 Å². The van der Waals surface area contributed by atoms with E-state index in [9.17, 15) is 0 Å². The number of hydrogen-bond acceptors (Lipinski definition) is 3. The molecule has 1 heterocycles. The molecule has 0 aromatic heterocycles. The number of nitrogens with one attached hydrogen (secondary N) is 2. The lowest BCUT2D eigenvalue weighted by Crippen LogP contribution is -2.54. The van der Waals surface area contributed by atoms with Crippen LogP contribution in [0.25, 0.3) is 0 Å². The summed E-state index contributed by atoms with van der Waals surface area (Å²) in [7, 11) is 0. The highest BCUT2D eigenvalue weighted by molar-refractivity contribution is 7.95. The normalized spacial score (nSPS) is 39.2. The van der Waals surface area contributed by atoms with Crippen LogP contribution >= 0.6 is 12.1 Å². The van der Waals surface area contributed by atoms with Crippen LogP contribution in [-0.4, -0.2) is 12.1 Å². The van der Waals surface area contributed by atoms with Crippen molar-refractivity contribution in [1.29, 1.82) is 0 Å². The lowest BCUT2D eigenvalue weighted by atomic mass is 9.60. The van der Waals surface area contributed by atoms with Crippen LogP contribution in [0.1, 0.15) is 54.4 Å². The van der Waals surface area contributed by atoms with Crippen molar-refractivity contribution in [2.45, 2.75) is 66.5 Å². The van der Waals surface area contributed by atoms with E-state index in [1.165, 1.54) is 12.8 Å². The zero-order valence-electron chi connectivity index (χ0n) is 12.1. The molecule has 0 spiro atoms. The molecule has 2 aliphatic rings.